The van der Waals surface area contributed by atoms with Gasteiger partial charge in [0.1, 0.15) is 0 Å². The Hall–Kier alpha value is -2.20. The van der Waals surface area contributed by atoms with Crippen molar-refractivity contribution in [2.75, 3.05) is 6.54 Å². The summed E-state index contributed by atoms with van der Waals surface area (Å²) in [7, 11) is 0. The van der Waals surface area contributed by atoms with Crippen LogP contribution in [0, 0.1) is 6.92 Å². The van der Waals surface area contributed by atoms with Gasteiger partial charge in [-0.3, -0.25) is 4.98 Å². The van der Waals surface area contributed by atoms with Gasteiger partial charge >= 0.3 is 0 Å². The third kappa shape index (κ3) is 2.42. The van der Waals surface area contributed by atoms with E-state index in [1.807, 2.05) is 42.2 Å². The average Bonchev–Trinajstić information content (AvgIpc) is 2.90. The second-order valence-electron chi connectivity index (χ2n) is 4.89. The molecule has 2 aromatic heterocycles. The van der Waals surface area contributed by atoms with Gasteiger partial charge < -0.3 is 5.32 Å². The normalized spacial score (nSPS) is 11.1. The lowest BCUT2D eigenvalue weighted by Gasteiger charge is -2.10. The maximum absolute atomic E-state index is 4.70. The molecule has 3 rings (SSSR count). The van der Waals surface area contributed by atoms with Gasteiger partial charge in [0.25, 0.3) is 0 Å². The van der Waals surface area contributed by atoms with E-state index in [-0.39, 0.29) is 0 Å². The summed E-state index contributed by atoms with van der Waals surface area (Å²) >= 11 is 0. The molecule has 1 N–H and O–H groups in total. The Kier molecular flexibility index (Phi) is 3.48. The van der Waals surface area contributed by atoms with E-state index in [2.05, 4.69) is 29.5 Å². The van der Waals surface area contributed by atoms with E-state index in [1.165, 1.54) is 0 Å². The fourth-order valence-corrected chi connectivity index (χ4v) is 2.29. The highest BCUT2D eigenvalue weighted by Crippen LogP contribution is 2.22. The standard InChI is InChI=1S/C16H18N4/c1-3-17-10-13-8-16(20-11-12(2)9-18-20)14-6-4-5-7-15(14)19-13/h4-9,11,17H,3,10H2,1-2H3. The van der Waals surface area contributed by atoms with Crippen molar-refractivity contribution in [1.82, 2.24) is 20.1 Å². The molecule has 4 heteroatoms. The van der Waals surface area contributed by atoms with E-state index in [1.54, 1.807) is 0 Å². The Bertz CT molecular complexity index is 730. The number of nitrogens with zero attached hydrogens (tertiary/aromatic N) is 3. The summed E-state index contributed by atoms with van der Waals surface area (Å²) < 4.78 is 1.93. The summed E-state index contributed by atoms with van der Waals surface area (Å²) in [5.41, 5.74) is 4.27. The Morgan fingerprint density at radius 2 is 2.10 bits per heavy atom. The van der Waals surface area contributed by atoms with Crippen LogP contribution in [0.5, 0.6) is 0 Å². The van der Waals surface area contributed by atoms with Gasteiger partial charge in [-0.05, 0) is 31.2 Å². The summed E-state index contributed by atoms with van der Waals surface area (Å²) in [4.78, 5) is 4.70. The lowest BCUT2D eigenvalue weighted by molar-refractivity contribution is 0.711. The predicted octanol–water partition coefficient (Wildman–Crippen LogP) is 2.84. The number of pyridine rings is 1. The van der Waals surface area contributed by atoms with Gasteiger partial charge in [-0.15, -0.1) is 0 Å². The summed E-state index contributed by atoms with van der Waals surface area (Å²) in [6.07, 6.45) is 3.91. The van der Waals surface area contributed by atoms with Crippen molar-refractivity contribution in [2.24, 2.45) is 0 Å². The van der Waals surface area contributed by atoms with Crippen LogP contribution >= 0.6 is 0 Å². The first-order chi connectivity index (χ1) is 9.78. The molecular formula is C16H18N4. The second kappa shape index (κ2) is 5.43. The first kappa shape index (κ1) is 12.8. The number of aryl methyl sites for hydroxylation is 1. The number of fused-ring (bicyclic) bond motifs is 1. The summed E-state index contributed by atoms with van der Waals surface area (Å²) in [6, 6.07) is 10.3. The molecule has 0 bridgehead atoms. The number of nitrogens with one attached hydrogen (secondary N) is 1. The largest absolute Gasteiger partial charge is 0.311 e. The highest BCUT2D eigenvalue weighted by atomic mass is 15.3. The molecule has 0 amide bonds. The zero-order chi connectivity index (χ0) is 13.9. The van der Waals surface area contributed by atoms with E-state index < -0.39 is 0 Å². The van der Waals surface area contributed by atoms with Crippen molar-refractivity contribution in [3.05, 3.63) is 54.0 Å². The van der Waals surface area contributed by atoms with Gasteiger partial charge in [-0.2, -0.15) is 5.10 Å². The van der Waals surface area contributed by atoms with Crippen molar-refractivity contribution in [3.8, 4) is 5.69 Å². The Morgan fingerprint density at radius 1 is 1.25 bits per heavy atom. The molecule has 20 heavy (non-hydrogen) atoms. The number of para-hydroxylation sites is 1. The van der Waals surface area contributed by atoms with Crippen molar-refractivity contribution < 1.29 is 0 Å². The van der Waals surface area contributed by atoms with E-state index >= 15 is 0 Å². The van der Waals surface area contributed by atoms with Crippen LogP contribution < -0.4 is 5.32 Å². The number of hydrogen-bond donors (Lipinski definition) is 1. The van der Waals surface area contributed by atoms with Crippen LogP contribution in [0.1, 0.15) is 18.2 Å². The van der Waals surface area contributed by atoms with Crippen LogP contribution in [0.25, 0.3) is 16.6 Å². The molecule has 0 aliphatic heterocycles. The Balaban J connectivity index is 2.17. The van der Waals surface area contributed by atoms with E-state index in [0.29, 0.717) is 0 Å². The van der Waals surface area contributed by atoms with Gasteiger partial charge in [-0.1, -0.05) is 25.1 Å². The van der Waals surface area contributed by atoms with Gasteiger partial charge in [0.2, 0.25) is 0 Å². The first-order valence-corrected chi connectivity index (χ1v) is 6.89. The molecule has 0 atom stereocenters. The van der Waals surface area contributed by atoms with Crippen LogP contribution in [-0.4, -0.2) is 21.3 Å². The summed E-state index contributed by atoms with van der Waals surface area (Å²) in [5.74, 6) is 0. The minimum atomic E-state index is 0.772. The average molecular weight is 266 g/mol. The zero-order valence-electron chi connectivity index (χ0n) is 11.8. The second-order valence-corrected chi connectivity index (χ2v) is 4.89. The fourth-order valence-electron chi connectivity index (χ4n) is 2.29. The maximum atomic E-state index is 4.70. The van der Waals surface area contributed by atoms with E-state index in [0.717, 1.165) is 40.9 Å². The first-order valence-electron chi connectivity index (χ1n) is 6.89. The highest BCUT2D eigenvalue weighted by molar-refractivity contribution is 5.87. The fraction of sp³-hybridized carbons (Fsp3) is 0.250. The lowest BCUT2D eigenvalue weighted by Crippen LogP contribution is -2.13. The quantitative estimate of drug-likeness (QED) is 0.789. The molecule has 4 nitrogen and oxygen atoms in total. The monoisotopic (exact) mass is 266 g/mol. The van der Waals surface area contributed by atoms with Gasteiger partial charge in [0, 0.05) is 18.1 Å². The molecule has 0 saturated heterocycles. The van der Waals surface area contributed by atoms with Crippen LogP contribution in [0.3, 0.4) is 0 Å². The van der Waals surface area contributed by atoms with Gasteiger partial charge in [0.05, 0.1) is 23.1 Å². The van der Waals surface area contributed by atoms with Crippen LogP contribution in [0.2, 0.25) is 0 Å². The van der Waals surface area contributed by atoms with E-state index in [9.17, 15) is 0 Å². The Labute approximate surface area is 118 Å². The molecule has 1 aromatic carbocycles. The van der Waals surface area contributed by atoms with Crippen LogP contribution in [0.4, 0.5) is 0 Å². The molecule has 0 aliphatic rings. The molecule has 0 unspecified atom stereocenters. The number of hydrogen-bond acceptors (Lipinski definition) is 3. The number of benzene rings is 1. The molecule has 3 aromatic rings. The lowest BCUT2D eigenvalue weighted by atomic mass is 10.1. The molecule has 0 saturated carbocycles. The number of rotatable bonds is 4. The van der Waals surface area contributed by atoms with Crippen molar-refractivity contribution in [3.63, 3.8) is 0 Å². The molecule has 0 spiro atoms. The van der Waals surface area contributed by atoms with Gasteiger partial charge in [0.15, 0.2) is 0 Å². The van der Waals surface area contributed by atoms with Crippen LogP contribution in [0.15, 0.2) is 42.7 Å². The van der Waals surface area contributed by atoms with Crippen molar-refractivity contribution >= 4 is 10.9 Å². The molecule has 2 heterocycles. The zero-order valence-corrected chi connectivity index (χ0v) is 11.8. The van der Waals surface area contributed by atoms with Crippen LogP contribution in [-0.2, 0) is 6.54 Å². The maximum Gasteiger partial charge on any atom is 0.0758 e. The molecular weight excluding hydrogens is 248 g/mol. The Morgan fingerprint density at radius 3 is 2.85 bits per heavy atom. The summed E-state index contributed by atoms with van der Waals surface area (Å²) in [5, 5.41) is 8.87. The van der Waals surface area contributed by atoms with Gasteiger partial charge in [-0.25, -0.2) is 4.68 Å². The molecule has 0 aliphatic carbocycles. The molecule has 0 fully saturated rings. The van der Waals surface area contributed by atoms with Crippen molar-refractivity contribution in [2.45, 2.75) is 20.4 Å². The van der Waals surface area contributed by atoms with Crippen molar-refractivity contribution in [1.29, 1.82) is 0 Å². The minimum Gasteiger partial charge on any atom is -0.311 e. The third-order valence-electron chi connectivity index (χ3n) is 3.26. The van der Waals surface area contributed by atoms with E-state index in [4.69, 9.17) is 4.98 Å². The number of aromatic nitrogens is 3. The molecule has 0 radical (unpaired) electrons. The summed E-state index contributed by atoms with van der Waals surface area (Å²) in [6.45, 7) is 5.85. The molecule has 102 valence electrons. The minimum absolute atomic E-state index is 0.772. The predicted molar refractivity (Wildman–Crippen MR) is 81.0 cm³/mol. The third-order valence-corrected chi connectivity index (χ3v) is 3.26. The smallest absolute Gasteiger partial charge is 0.0758 e. The topological polar surface area (TPSA) is 42.7 Å². The highest BCUT2D eigenvalue weighted by Gasteiger charge is 2.08. The SMILES string of the molecule is CCNCc1cc(-n2cc(C)cn2)c2ccccc2n1.